The van der Waals surface area contributed by atoms with E-state index in [1.54, 1.807) is 11.3 Å². The Morgan fingerprint density at radius 1 is 1.17 bits per heavy atom. The van der Waals surface area contributed by atoms with Crippen molar-refractivity contribution < 1.29 is 0 Å². The Hall–Kier alpha value is -1.46. The lowest BCUT2D eigenvalue weighted by Crippen LogP contribution is -2.28. The Kier molecular flexibility index (Phi) is 5.21. The molecular weight excluding hydrogens is 338 g/mol. The molecule has 1 aliphatic rings. The summed E-state index contributed by atoms with van der Waals surface area (Å²) in [6, 6.07) is 17.5. The Bertz CT molecular complexity index is 818. The van der Waals surface area contributed by atoms with E-state index in [2.05, 4.69) is 65.3 Å². The molecule has 0 amide bonds. The molecule has 1 aliphatic heterocycles. The molecule has 0 saturated carbocycles. The van der Waals surface area contributed by atoms with Crippen LogP contribution in [0.3, 0.4) is 0 Å². The van der Waals surface area contributed by atoms with Crippen molar-refractivity contribution in [1.82, 2.24) is 9.88 Å². The highest BCUT2D eigenvalue weighted by atomic mass is 35.5. The van der Waals surface area contributed by atoms with Gasteiger partial charge in [0.2, 0.25) is 0 Å². The van der Waals surface area contributed by atoms with E-state index < -0.39 is 0 Å². The van der Waals surface area contributed by atoms with Crippen LogP contribution in [-0.2, 0) is 6.54 Å². The molecule has 1 fully saturated rings. The molecule has 24 heavy (non-hydrogen) atoms. The van der Waals surface area contributed by atoms with Gasteiger partial charge in [-0.25, -0.2) is 4.98 Å². The zero-order valence-corrected chi connectivity index (χ0v) is 15.3. The first-order valence-electron chi connectivity index (χ1n) is 8.08. The smallest absolute Gasteiger partial charge is 0.0907 e. The average molecular weight is 360 g/mol. The molecular formula is C19H22ClN3S. The molecule has 2 atom stereocenters. The van der Waals surface area contributed by atoms with E-state index in [0.717, 1.165) is 30.2 Å². The van der Waals surface area contributed by atoms with Crippen LogP contribution in [0.2, 0.25) is 0 Å². The molecule has 0 spiro atoms. The summed E-state index contributed by atoms with van der Waals surface area (Å²) in [6.45, 7) is 5.02. The number of aromatic nitrogens is 1. The van der Waals surface area contributed by atoms with Crippen molar-refractivity contribution in [3.8, 4) is 0 Å². The van der Waals surface area contributed by atoms with Crippen LogP contribution in [0, 0.1) is 6.92 Å². The van der Waals surface area contributed by atoms with Crippen molar-refractivity contribution in [3.05, 3.63) is 64.7 Å². The number of thiazole rings is 1. The van der Waals surface area contributed by atoms with Crippen LogP contribution in [0.5, 0.6) is 0 Å². The van der Waals surface area contributed by atoms with Crippen molar-refractivity contribution in [1.29, 1.82) is 0 Å². The van der Waals surface area contributed by atoms with Crippen LogP contribution in [0.25, 0.3) is 10.2 Å². The number of fused-ring (bicyclic) bond motifs is 1. The Balaban J connectivity index is 0.00000169. The highest BCUT2D eigenvalue weighted by molar-refractivity contribution is 7.18. The molecule has 1 saturated heterocycles. The highest BCUT2D eigenvalue weighted by Crippen LogP contribution is 2.28. The van der Waals surface area contributed by atoms with Gasteiger partial charge in [0.05, 0.1) is 15.2 Å². The fourth-order valence-corrected chi connectivity index (χ4v) is 4.43. The second-order valence-corrected chi connectivity index (χ2v) is 7.64. The number of benzene rings is 2. The minimum Gasteiger partial charge on any atom is -0.326 e. The van der Waals surface area contributed by atoms with E-state index in [9.17, 15) is 0 Å². The number of rotatable bonds is 3. The molecule has 126 valence electrons. The lowest BCUT2D eigenvalue weighted by Gasteiger charge is -2.16. The SMILES string of the molecule is Cc1nc2ccc(CN3C[C@@H](N)[C@H](c4ccccc4)C3)cc2s1.Cl. The van der Waals surface area contributed by atoms with Crippen LogP contribution in [-0.4, -0.2) is 29.0 Å². The zero-order chi connectivity index (χ0) is 15.8. The van der Waals surface area contributed by atoms with Crippen molar-refractivity contribution >= 4 is 34.0 Å². The normalized spacial score (nSPS) is 21.1. The molecule has 2 aromatic carbocycles. The fourth-order valence-electron chi connectivity index (χ4n) is 3.54. The molecule has 1 aromatic heterocycles. The number of halogens is 1. The molecule has 2 heterocycles. The molecule has 0 unspecified atom stereocenters. The number of likely N-dealkylation sites (tertiary alicyclic amines) is 1. The van der Waals surface area contributed by atoms with Gasteiger partial charge in [-0.1, -0.05) is 36.4 Å². The van der Waals surface area contributed by atoms with Crippen molar-refractivity contribution in [2.75, 3.05) is 13.1 Å². The van der Waals surface area contributed by atoms with Crippen LogP contribution >= 0.6 is 23.7 Å². The van der Waals surface area contributed by atoms with Crippen molar-refractivity contribution in [3.63, 3.8) is 0 Å². The van der Waals surface area contributed by atoms with Gasteiger partial charge in [-0.15, -0.1) is 23.7 Å². The van der Waals surface area contributed by atoms with E-state index in [0.29, 0.717) is 5.92 Å². The number of hydrogen-bond donors (Lipinski definition) is 1. The molecule has 5 heteroatoms. The third-order valence-electron chi connectivity index (χ3n) is 4.63. The summed E-state index contributed by atoms with van der Waals surface area (Å²) in [4.78, 5) is 7.00. The topological polar surface area (TPSA) is 42.2 Å². The van der Waals surface area contributed by atoms with E-state index in [-0.39, 0.29) is 18.4 Å². The average Bonchev–Trinajstić information content (AvgIpc) is 3.09. The molecule has 2 N–H and O–H groups in total. The number of aryl methyl sites for hydroxylation is 1. The summed E-state index contributed by atoms with van der Waals surface area (Å²) in [5.41, 5.74) is 10.2. The lowest BCUT2D eigenvalue weighted by molar-refractivity contribution is 0.324. The molecule has 0 aliphatic carbocycles. The lowest BCUT2D eigenvalue weighted by atomic mass is 9.95. The van der Waals surface area contributed by atoms with Crippen LogP contribution in [0.1, 0.15) is 22.1 Å². The predicted molar refractivity (Wildman–Crippen MR) is 104 cm³/mol. The largest absolute Gasteiger partial charge is 0.326 e. The van der Waals surface area contributed by atoms with Gasteiger partial charge in [-0.2, -0.15) is 0 Å². The highest BCUT2D eigenvalue weighted by Gasteiger charge is 2.30. The number of nitrogens with zero attached hydrogens (tertiary/aromatic N) is 2. The van der Waals surface area contributed by atoms with E-state index >= 15 is 0 Å². The molecule has 0 radical (unpaired) electrons. The van der Waals surface area contributed by atoms with Gasteiger partial charge in [0.1, 0.15) is 0 Å². The maximum Gasteiger partial charge on any atom is 0.0907 e. The van der Waals surface area contributed by atoms with Gasteiger partial charge >= 0.3 is 0 Å². The third-order valence-corrected chi connectivity index (χ3v) is 5.57. The van der Waals surface area contributed by atoms with Crippen molar-refractivity contribution in [2.24, 2.45) is 5.73 Å². The Morgan fingerprint density at radius 3 is 2.75 bits per heavy atom. The van der Waals surface area contributed by atoms with E-state index in [1.807, 2.05) is 0 Å². The van der Waals surface area contributed by atoms with Gasteiger partial charge in [-0.3, -0.25) is 4.90 Å². The summed E-state index contributed by atoms with van der Waals surface area (Å²) in [6.07, 6.45) is 0. The Morgan fingerprint density at radius 2 is 1.96 bits per heavy atom. The third kappa shape index (κ3) is 3.47. The van der Waals surface area contributed by atoms with Gasteiger partial charge in [-0.05, 0) is 30.2 Å². The first kappa shape index (κ1) is 17.4. The van der Waals surface area contributed by atoms with Crippen molar-refractivity contribution in [2.45, 2.75) is 25.4 Å². The summed E-state index contributed by atoms with van der Waals surface area (Å²) >= 11 is 1.77. The summed E-state index contributed by atoms with van der Waals surface area (Å²) < 4.78 is 1.28. The van der Waals surface area contributed by atoms with Crippen LogP contribution < -0.4 is 5.73 Å². The molecule has 3 nitrogen and oxygen atoms in total. The zero-order valence-electron chi connectivity index (χ0n) is 13.7. The second kappa shape index (κ2) is 7.19. The van der Waals surface area contributed by atoms with Crippen LogP contribution in [0.4, 0.5) is 0 Å². The second-order valence-electron chi connectivity index (χ2n) is 6.41. The quantitative estimate of drug-likeness (QED) is 0.769. The molecule has 4 rings (SSSR count). The van der Waals surface area contributed by atoms with Gasteiger partial charge in [0.25, 0.3) is 0 Å². The monoisotopic (exact) mass is 359 g/mol. The molecule has 3 aromatic rings. The summed E-state index contributed by atoms with van der Waals surface area (Å²) in [5.74, 6) is 0.436. The Labute approximate surface area is 152 Å². The predicted octanol–water partition coefficient (Wildman–Crippen LogP) is 3.95. The fraction of sp³-hybridized carbons (Fsp3) is 0.316. The van der Waals surface area contributed by atoms with E-state index in [4.69, 9.17) is 5.73 Å². The number of hydrogen-bond acceptors (Lipinski definition) is 4. The van der Waals surface area contributed by atoms with Gasteiger partial charge in [0.15, 0.2) is 0 Å². The maximum absolute atomic E-state index is 6.40. The summed E-state index contributed by atoms with van der Waals surface area (Å²) in [7, 11) is 0. The minimum absolute atomic E-state index is 0. The molecule has 0 bridgehead atoms. The maximum atomic E-state index is 6.40. The first-order valence-corrected chi connectivity index (χ1v) is 8.89. The van der Waals surface area contributed by atoms with Gasteiger partial charge < -0.3 is 5.73 Å². The summed E-state index contributed by atoms with van der Waals surface area (Å²) in [5, 5.41) is 1.13. The minimum atomic E-state index is 0. The first-order chi connectivity index (χ1) is 11.2. The van der Waals surface area contributed by atoms with Gasteiger partial charge in [0, 0.05) is 31.6 Å². The standard InChI is InChI=1S/C19H21N3S.ClH/c1-13-21-18-8-7-14(9-19(18)23-13)10-22-11-16(17(20)12-22)15-5-3-2-4-6-15;/h2-9,16-17H,10-12,20H2,1H3;1H/t16-,17+;/m0./s1. The number of nitrogens with two attached hydrogens (primary N) is 1. The van der Waals surface area contributed by atoms with E-state index in [1.165, 1.54) is 15.8 Å². The van der Waals surface area contributed by atoms with Crippen LogP contribution in [0.15, 0.2) is 48.5 Å².